The third kappa shape index (κ3) is 3.65. The number of anilines is 1. The van der Waals surface area contributed by atoms with Crippen molar-refractivity contribution in [1.82, 2.24) is 14.7 Å². The molecule has 0 bridgehead atoms. The Labute approximate surface area is 148 Å². The van der Waals surface area contributed by atoms with Gasteiger partial charge in [-0.1, -0.05) is 12.1 Å². The SMILES string of the molecule is CO[C@@H]1C[C@@H](Cn2ccc(N)n2)N(CCc2ccc3c(c2)CCO3)C1. The van der Waals surface area contributed by atoms with Crippen LogP contribution in [0.5, 0.6) is 5.75 Å². The number of hydrogen-bond donors (Lipinski definition) is 1. The molecule has 4 rings (SSSR count). The predicted molar refractivity (Wildman–Crippen MR) is 96.8 cm³/mol. The minimum absolute atomic E-state index is 0.298. The zero-order valence-corrected chi connectivity index (χ0v) is 14.7. The first-order valence-electron chi connectivity index (χ1n) is 9.01. The summed E-state index contributed by atoms with van der Waals surface area (Å²) in [4.78, 5) is 2.52. The van der Waals surface area contributed by atoms with E-state index in [1.54, 1.807) is 7.11 Å². The van der Waals surface area contributed by atoms with E-state index in [2.05, 4.69) is 28.2 Å². The molecule has 6 nitrogen and oxygen atoms in total. The standard InChI is InChI=1S/C19H26N4O2/c1-24-17-11-16(12-23-8-5-19(20)21-23)22(13-17)7-4-14-2-3-18-15(10-14)6-9-25-18/h2-3,5,8,10,16-17H,4,6-7,9,11-13H2,1H3,(H2,20,21)/t16-,17+/m0/s1. The summed E-state index contributed by atoms with van der Waals surface area (Å²) in [5.41, 5.74) is 8.47. The highest BCUT2D eigenvalue weighted by Crippen LogP contribution is 2.27. The normalized spacial score (nSPS) is 22.9. The molecule has 2 atom stereocenters. The zero-order chi connectivity index (χ0) is 17.2. The minimum atomic E-state index is 0.298. The molecular weight excluding hydrogens is 316 g/mol. The predicted octanol–water partition coefficient (Wildman–Crippen LogP) is 1.73. The van der Waals surface area contributed by atoms with Gasteiger partial charge in [0, 0.05) is 38.9 Å². The van der Waals surface area contributed by atoms with Gasteiger partial charge in [0.25, 0.3) is 0 Å². The molecule has 1 aromatic heterocycles. The lowest BCUT2D eigenvalue weighted by Gasteiger charge is -2.24. The van der Waals surface area contributed by atoms with E-state index in [-0.39, 0.29) is 0 Å². The summed E-state index contributed by atoms with van der Waals surface area (Å²) in [6.45, 7) is 3.68. The molecule has 1 aromatic carbocycles. The Kier molecular flexibility index (Phi) is 4.63. The van der Waals surface area contributed by atoms with Gasteiger partial charge in [0.15, 0.2) is 0 Å². The summed E-state index contributed by atoms with van der Waals surface area (Å²) in [7, 11) is 1.80. The minimum Gasteiger partial charge on any atom is -0.493 e. The third-order valence-corrected chi connectivity index (χ3v) is 5.32. The number of benzene rings is 1. The topological polar surface area (TPSA) is 65.5 Å². The number of nitrogens with zero attached hydrogens (tertiary/aromatic N) is 3. The van der Waals surface area contributed by atoms with Crippen LogP contribution in [0.15, 0.2) is 30.5 Å². The van der Waals surface area contributed by atoms with Crippen LogP contribution in [0.2, 0.25) is 0 Å². The summed E-state index contributed by atoms with van der Waals surface area (Å²) >= 11 is 0. The van der Waals surface area contributed by atoms with Gasteiger partial charge in [0.1, 0.15) is 11.6 Å². The lowest BCUT2D eigenvalue weighted by atomic mass is 10.1. The van der Waals surface area contributed by atoms with Crippen molar-refractivity contribution < 1.29 is 9.47 Å². The molecule has 1 saturated heterocycles. The number of methoxy groups -OCH3 is 1. The van der Waals surface area contributed by atoms with Gasteiger partial charge in [-0.25, -0.2) is 0 Å². The molecule has 0 spiro atoms. The molecule has 0 saturated carbocycles. The smallest absolute Gasteiger partial charge is 0.145 e. The van der Waals surface area contributed by atoms with Gasteiger partial charge < -0.3 is 15.2 Å². The van der Waals surface area contributed by atoms with E-state index in [4.69, 9.17) is 15.2 Å². The van der Waals surface area contributed by atoms with Crippen molar-refractivity contribution in [2.75, 3.05) is 32.5 Å². The van der Waals surface area contributed by atoms with Gasteiger partial charge in [-0.2, -0.15) is 5.10 Å². The van der Waals surface area contributed by atoms with Crippen molar-refractivity contribution in [3.05, 3.63) is 41.6 Å². The Morgan fingerprint density at radius 2 is 2.28 bits per heavy atom. The quantitative estimate of drug-likeness (QED) is 0.866. The number of fused-ring (bicyclic) bond motifs is 1. The monoisotopic (exact) mass is 342 g/mol. The van der Waals surface area contributed by atoms with Crippen molar-refractivity contribution in [2.45, 2.75) is 38.0 Å². The average molecular weight is 342 g/mol. The van der Waals surface area contributed by atoms with Crippen LogP contribution in [-0.2, 0) is 24.1 Å². The van der Waals surface area contributed by atoms with E-state index in [1.807, 2.05) is 16.9 Å². The maximum absolute atomic E-state index is 5.74. The summed E-state index contributed by atoms with van der Waals surface area (Å²) in [6, 6.07) is 8.89. The van der Waals surface area contributed by atoms with Gasteiger partial charge in [-0.3, -0.25) is 9.58 Å². The second-order valence-corrected chi connectivity index (χ2v) is 7.00. The molecule has 2 aliphatic rings. The molecular formula is C19H26N4O2. The van der Waals surface area contributed by atoms with Crippen LogP contribution in [0.3, 0.4) is 0 Å². The molecule has 0 aliphatic carbocycles. The molecule has 6 heteroatoms. The van der Waals surface area contributed by atoms with E-state index in [0.717, 1.165) is 51.3 Å². The number of ether oxygens (including phenoxy) is 2. The highest BCUT2D eigenvalue weighted by Gasteiger charge is 2.32. The van der Waals surface area contributed by atoms with E-state index in [0.29, 0.717) is 18.0 Å². The molecule has 1 fully saturated rings. The Balaban J connectivity index is 1.40. The Morgan fingerprint density at radius 3 is 3.08 bits per heavy atom. The van der Waals surface area contributed by atoms with Crippen molar-refractivity contribution in [3.8, 4) is 5.75 Å². The largest absolute Gasteiger partial charge is 0.493 e. The second kappa shape index (κ2) is 7.06. The number of hydrogen-bond acceptors (Lipinski definition) is 5. The number of aromatic nitrogens is 2. The van der Waals surface area contributed by atoms with Crippen LogP contribution in [0.25, 0.3) is 0 Å². The van der Waals surface area contributed by atoms with Gasteiger partial charge >= 0.3 is 0 Å². The van der Waals surface area contributed by atoms with E-state index in [1.165, 1.54) is 11.1 Å². The molecule has 2 aliphatic heterocycles. The van der Waals surface area contributed by atoms with Crippen LogP contribution in [0.4, 0.5) is 5.82 Å². The van der Waals surface area contributed by atoms with Crippen LogP contribution >= 0.6 is 0 Å². The summed E-state index contributed by atoms with van der Waals surface area (Å²) < 4.78 is 13.2. The average Bonchev–Trinajstić information content (AvgIpc) is 3.33. The molecule has 25 heavy (non-hydrogen) atoms. The first-order valence-corrected chi connectivity index (χ1v) is 9.01. The van der Waals surface area contributed by atoms with Gasteiger partial charge in [-0.05, 0) is 36.1 Å². The van der Waals surface area contributed by atoms with E-state index >= 15 is 0 Å². The highest BCUT2D eigenvalue weighted by atomic mass is 16.5. The van der Waals surface area contributed by atoms with Crippen molar-refractivity contribution in [2.24, 2.45) is 0 Å². The molecule has 134 valence electrons. The first kappa shape index (κ1) is 16.4. The summed E-state index contributed by atoms with van der Waals surface area (Å²) in [5, 5.41) is 4.33. The second-order valence-electron chi connectivity index (χ2n) is 7.00. The van der Waals surface area contributed by atoms with E-state index < -0.39 is 0 Å². The van der Waals surface area contributed by atoms with Crippen LogP contribution in [-0.4, -0.2) is 53.6 Å². The molecule has 0 radical (unpaired) electrons. The maximum atomic E-state index is 5.74. The molecule has 2 N–H and O–H groups in total. The van der Waals surface area contributed by atoms with Gasteiger partial charge in [0.2, 0.25) is 0 Å². The Morgan fingerprint density at radius 1 is 1.36 bits per heavy atom. The van der Waals surface area contributed by atoms with Crippen molar-refractivity contribution in [1.29, 1.82) is 0 Å². The van der Waals surface area contributed by atoms with Crippen molar-refractivity contribution in [3.63, 3.8) is 0 Å². The van der Waals surface area contributed by atoms with Crippen molar-refractivity contribution >= 4 is 5.82 Å². The Hall–Kier alpha value is -2.05. The molecule has 2 aromatic rings. The van der Waals surface area contributed by atoms with E-state index in [9.17, 15) is 0 Å². The first-order chi connectivity index (χ1) is 12.2. The number of nitrogens with two attached hydrogens (primary N) is 1. The lowest BCUT2D eigenvalue weighted by Crippen LogP contribution is -2.35. The molecule has 3 heterocycles. The number of rotatable bonds is 6. The summed E-state index contributed by atoms with van der Waals surface area (Å²) in [6.07, 6.45) is 5.36. The van der Waals surface area contributed by atoms with Gasteiger partial charge in [-0.15, -0.1) is 0 Å². The van der Waals surface area contributed by atoms with Crippen LogP contribution in [0, 0.1) is 0 Å². The fraction of sp³-hybridized carbons (Fsp3) is 0.526. The lowest BCUT2D eigenvalue weighted by molar-refractivity contribution is 0.108. The zero-order valence-electron chi connectivity index (χ0n) is 14.7. The third-order valence-electron chi connectivity index (χ3n) is 5.32. The van der Waals surface area contributed by atoms with Crippen LogP contribution in [0.1, 0.15) is 17.5 Å². The number of likely N-dealkylation sites (tertiary alicyclic amines) is 1. The van der Waals surface area contributed by atoms with Gasteiger partial charge in [0.05, 0.1) is 19.3 Å². The molecule has 0 unspecified atom stereocenters. The fourth-order valence-electron chi connectivity index (χ4n) is 3.94. The maximum Gasteiger partial charge on any atom is 0.145 e. The number of nitrogen functional groups attached to an aromatic ring is 1. The Bertz CT molecular complexity index is 730. The summed E-state index contributed by atoms with van der Waals surface area (Å²) in [5.74, 6) is 1.63. The highest BCUT2D eigenvalue weighted by molar-refractivity contribution is 5.39. The fourth-order valence-corrected chi connectivity index (χ4v) is 3.94. The van der Waals surface area contributed by atoms with Crippen LogP contribution < -0.4 is 10.5 Å². The molecule has 0 amide bonds.